The Labute approximate surface area is 105 Å². The average molecular weight is 250 g/mol. The van der Waals surface area contributed by atoms with Gasteiger partial charge < -0.3 is 10.5 Å². The summed E-state index contributed by atoms with van der Waals surface area (Å²) >= 11 is 0.774. The Kier molecular flexibility index (Phi) is 5.88. The first-order valence-electron chi connectivity index (χ1n) is 5.05. The van der Waals surface area contributed by atoms with Gasteiger partial charge in [0.2, 0.25) is 0 Å². The number of amidine groups is 1. The summed E-state index contributed by atoms with van der Waals surface area (Å²) in [5, 5.41) is -0.291. The monoisotopic (exact) mass is 250 g/mol. The van der Waals surface area contributed by atoms with Gasteiger partial charge in [0.25, 0.3) is 0 Å². The van der Waals surface area contributed by atoms with Crippen LogP contribution in [-0.2, 0) is 11.3 Å². The number of ether oxygens (including phenoxy) is 1. The highest BCUT2D eigenvalue weighted by atomic mass is 32.2. The van der Waals surface area contributed by atoms with Gasteiger partial charge in [-0.2, -0.15) is 0 Å². The lowest BCUT2D eigenvalue weighted by molar-refractivity contribution is 0.169. The summed E-state index contributed by atoms with van der Waals surface area (Å²) in [5.41, 5.74) is 6.43. The lowest BCUT2D eigenvalue weighted by atomic mass is 10.2. The Hall–Kier alpha value is -1.75. The molecule has 17 heavy (non-hydrogen) atoms. The van der Waals surface area contributed by atoms with E-state index in [1.807, 2.05) is 37.3 Å². The second-order valence-corrected chi connectivity index (χ2v) is 4.03. The zero-order chi connectivity index (χ0) is 12.5. The second-order valence-electron chi connectivity index (χ2n) is 3.08. The molecule has 0 aliphatic rings. The van der Waals surface area contributed by atoms with Crippen molar-refractivity contribution in [3.8, 4) is 0 Å². The minimum atomic E-state index is -0.459. The highest BCUT2D eigenvalue weighted by molar-refractivity contribution is 8.25. The molecule has 1 aromatic rings. The molecule has 5 heteroatoms. The molecule has 0 aliphatic heterocycles. The third-order valence-electron chi connectivity index (χ3n) is 1.74. The van der Waals surface area contributed by atoms with E-state index >= 15 is 0 Å². The maximum Gasteiger partial charge on any atom is 0.375 e. The van der Waals surface area contributed by atoms with Crippen molar-refractivity contribution in [2.45, 2.75) is 13.5 Å². The van der Waals surface area contributed by atoms with Crippen molar-refractivity contribution in [3.63, 3.8) is 0 Å². The summed E-state index contributed by atoms with van der Waals surface area (Å²) in [7, 11) is 0. The van der Waals surface area contributed by atoms with Gasteiger partial charge in [-0.25, -0.2) is 9.79 Å². The molecule has 0 bridgehead atoms. The number of carbonyl (C=O) groups is 1. The molecular weight excluding hydrogens is 236 g/mol. The van der Waals surface area contributed by atoms with Gasteiger partial charge in [0.15, 0.2) is 5.17 Å². The summed E-state index contributed by atoms with van der Waals surface area (Å²) in [6, 6.07) is 9.45. The normalized spacial score (nSPS) is 11.7. The standard InChI is InChI=1S/C12H14N2O2S/c1-2-8-14-11(13)17-12(15)16-9-10-6-4-3-5-7-10/h2-8H,9H2,1H3,(H2,13,14)/b8-2-. The Morgan fingerprint density at radius 1 is 1.47 bits per heavy atom. The van der Waals surface area contributed by atoms with Crippen LogP contribution in [0.25, 0.3) is 0 Å². The Morgan fingerprint density at radius 3 is 2.82 bits per heavy atom. The maximum absolute atomic E-state index is 11.3. The molecule has 0 saturated heterocycles. The van der Waals surface area contributed by atoms with Crippen molar-refractivity contribution in [2.75, 3.05) is 0 Å². The van der Waals surface area contributed by atoms with Gasteiger partial charge in [-0.15, -0.1) is 0 Å². The molecule has 0 unspecified atom stereocenters. The lowest BCUT2D eigenvalue weighted by Crippen LogP contribution is -2.10. The zero-order valence-electron chi connectivity index (χ0n) is 9.50. The molecule has 0 fully saturated rings. The van der Waals surface area contributed by atoms with E-state index in [1.165, 1.54) is 6.20 Å². The summed E-state index contributed by atoms with van der Waals surface area (Å²) in [4.78, 5) is 15.2. The molecule has 0 aromatic heterocycles. The first-order chi connectivity index (χ1) is 8.22. The van der Waals surface area contributed by atoms with E-state index in [1.54, 1.807) is 6.08 Å². The summed E-state index contributed by atoms with van der Waals surface area (Å²) in [6.45, 7) is 2.05. The molecule has 0 heterocycles. The minimum Gasteiger partial charge on any atom is -0.452 e. The molecule has 1 rings (SSSR count). The smallest absolute Gasteiger partial charge is 0.375 e. The first kappa shape index (κ1) is 13.3. The topological polar surface area (TPSA) is 64.7 Å². The number of rotatable bonds is 3. The van der Waals surface area contributed by atoms with Gasteiger partial charge in [-0.3, -0.25) is 0 Å². The molecule has 0 radical (unpaired) electrons. The van der Waals surface area contributed by atoms with Crippen LogP contribution in [0.1, 0.15) is 12.5 Å². The van der Waals surface area contributed by atoms with Gasteiger partial charge in [-0.1, -0.05) is 36.4 Å². The van der Waals surface area contributed by atoms with Crippen molar-refractivity contribution in [3.05, 3.63) is 48.2 Å². The van der Waals surface area contributed by atoms with Crippen molar-refractivity contribution in [2.24, 2.45) is 10.7 Å². The maximum atomic E-state index is 11.3. The minimum absolute atomic E-state index is 0.168. The Morgan fingerprint density at radius 2 is 2.18 bits per heavy atom. The van der Waals surface area contributed by atoms with E-state index in [0.717, 1.165) is 17.3 Å². The number of thioether (sulfide) groups is 1. The Bertz CT molecular complexity index is 416. The van der Waals surface area contributed by atoms with Crippen LogP contribution in [-0.4, -0.2) is 10.5 Å². The van der Waals surface area contributed by atoms with Gasteiger partial charge in [0.05, 0.1) is 0 Å². The number of nitrogens with two attached hydrogens (primary N) is 1. The summed E-state index contributed by atoms with van der Waals surface area (Å²) in [6.07, 6.45) is 3.25. The molecule has 0 amide bonds. The fraction of sp³-hybridized carbons (Fsp3) is 0.167. The fourth-order valence-corrected chi connectivity index (χ4v) is 1.41. The lowest BCUT2D eigenvalue weighted by Gasteiger charge is -2.03. The first-order valence-corrected chi connectivity index (χ1v) is 5.87. The van der Waals surface area contributed by atoms with E-state index < -0.39 is 5.30 Å². The van der Waals surface area contributed by atoms with E-state index in [-0.39, 0.29) is 11.8 Å². The van der Waals surface area contributed by atoms with Crippen LogP contribution in [0.5, 0.6) is 0 Å². The summed E-state index contributed by atoms with van der Waals surface area (Å²) < 4.78 is 5.02. The van der Waals surface area contributed by atoms with Crippen molar-refractivity contribution >= 4 is 22.2 Å². The van der Waals surface area contributed by atoms with Crippen molar-refractivity contribution in [1.29, 1.82) is 0 Å². The third kappa shape index (κ3) is 5.77. The highest BCUT2D eigenvalue weighted by Gasteiger charge is 2.06. The molecule has 0 atom stereocenters. The molecule has 0 spiro atoms. The number of hydrogen-bond acceptors (Lipinski definition) is 4. The zero-order valence-corrected chi connectivity index (χ0v) is 10.3. The number of hydrogen-bond donors (Lipinski definition) is 1. The fourth-order valence-electron chi connectivity index (χ4n) is 1.01. The molecule has 0 saturated carbocycles. The molecule has 90 valence electrons. The largest absolute Gasteiger partial charge is 0.452 e. The van der Waals surface area contributed by atoms with Crippen LogP contribution in [0, 0.1) is 0 Å². The van der Waals surface area contributed by atoms with Crippen LogP contribution in [0.15, 0.2) is 47.6 Å². The number of aliphatic imine (C=N–C) groups is 1. The summed E-state index contributed by atoms with van der Waals surface area (Å²) in [5.74, 6) is 0. The van der Waals surface area contributed by atoms with Crippen molar-refractivity contribution < 1.29 is 9.53 Å². The predicted molar refractivity (Wildman–Crippen MR) is 70.7 cm³/mol. The predicted octanol–water partition coefficient (Wildman–Crippen LogP) is 2.90. The number of allylic oxidation sites excluding steroid dienone is 1. The number of benzene rings is 1. The SMILES string of the molecule is C/C=C\N=C(\N)SC(=O)OCc1ccccc1. The highest BCUT2D eigenvalue weighted by Crippen LogP contribution is 2.09. The molecule has 1 aromatic carbocycles. The molecule has 0 aliphatic carbocycles. The van der Waals surface area contributed by atoms with Crippen LogP contribution in [0.2, 0.25) is 0 Å². The van der Waals surface area contributed by atoms with Crippen LogP contribution < -0.4 is 5.73 Å². The number of nitrogens with zero attached hydrogens (tertiary/aromatic N) is 1. The van der Waals surface area contributed by atoms with Crippen LogP contribution in [0.3, 0.4) is 0 Å². The third-order valence-corrected chi connectivity index (χ3v) is 2.34. The van der Waals surface area contributed by atoms with Crippen LogP contribution >= 0.6 is 11.8 Å². The Balaban J connectivity index is 2.36. The number of carbonyl (C=O) groups excluding carboxylic acids is 1. The quantitative estimate of drug-likeness (QED) is 0.509. The van der Waals surface area contributed by atoms with E-state index in [9.17, 15) is 4.79 Å². The van der Waals surface area contributed by atoms with Gasteiger partial charge in [0, 0.05) is 18.0 Å². The average Bonchev–Trinajstić information content (AvgIpc) is 2.35. The van der Waals surface area contributed by atoms with Gasteiger partial charge in [0.1, 0.15) is 6.61 Å². The molecule has 2 N–H and O–H groups in total. The van der Waals surface area contributed by atoms with Gasteiger partial charge in [-0.05, 0) is 12.5 Å². The van der Waals surface area contributed by atoms with E-state index in [0.29, 0.717) is 0 Å². The molecular formula is C12H14N2O2S. The second kappa shape index (κ2) is 7.51. The molecule has 4 nitrogen and oxygen atoms in total. The van der Waals surface area contributed by atoms with Crippen LogP contribution in [0.4, 0.5) is 4.79 Å². The van der Waals surface area contributed by atoms with E-state index in [4.69, 9.17) is 10.5 Å². The van der Waals surface area contributed by atoms with Gasteiger partial charge >= 0.3 is 5.30 Å². The van der Waals surface area contributed by atoms with E-state index in [2.05, 4.69) is 4.99 Å². The van der Waals surface area contributed by atoms with Crippen molar-refractivity contribution in [1.82, 2.24) is 0 Å².